The Hall–Kier alpha value is -3.59. The highest BCUT2D eigenvalue weighted by atomic mass is 16.6. The molecule has 1 saturated heterocycles. The molecule has 2 heterocycles. The quantitative estimate of drug-likeness (QED) is 0.438. The lowest BCUT2D eigenvalue weighted by atomic mass is 10.1. The Morgan fingerprint density at radius 1 is 1.18 bits per heavy atom. The van der Waals surface area contributed by atoms with Gasteiger partial charge in [-0.15, -0.1) is 0 Å². The molecule has 2 aromatic carbocycles. The van der Waals surface area contributed by atoms with E-state index in [1.807, 2.05) is 25.1 Å². The van der Waals surface area contributed by atoms with E-state index >= 15 is 0 Å². The smallest absolute Gasteiger partial charge is 0.269 e. The number of fused-ring (bicyclic) bond motifs is 1. The van der Waals surface area contributed by atoms with Crippen LogP contribution in [0.2, 0.25) is 0 Å². The van der Waals surface area contributed by atoms with Crippen LogP contribution in [0.15, 0.2) is 53.3 Å². The highest BCUT2D eigenvalue weighted by Gasteiger charge is 2.33. The minimum absolute atomic E-state index is 0.0382. The number of benzene rings is 2. The van der Waals surface area contributed by atoms with E-state index in [9.17, 15) is 19.7 Å². The summed E-state index contributed by atoms with van der Waals surface area (Å²) in [4.78, 5) is 45.2. The highest BCUT2D eigenvalue weighted by Crippen LogP contribution is 2.27. The summed E-state index contributed by atoms with van der Waals surface area (Å²) in [5, 5.41) is 11.5. The molecule has 2 unspecified atom stereocenters. The number of amides is 1. The number of carbonyl (C=O) groups is 1. The minimum Gasteiger partial charge on any atom is -0.333 e. The summed E-state index contributed by atoms with van der Waals surface area (Å²) < 4.78 is 1.63. The number of nitrogens with zero attached hydrogens (tertiary/aromatic N) is 5. The van der Waals surface area contributed by atoms with Crippen molar-refractivity contribution in [3.8, 4) is 0 Å². The van der Waals surface area contributed by atoms with Crippen LogP contribution >= 0.6 is 0 Å². The molecule has 1 aliphatic rings. The standard InChI is InChI=1S/C24H27N5O4/c1-4-21(22-25-20-8-6-5-7-19(20)24(31)26(22)3)27-13-14-28(16(2)15-27)23(30)17-9-11-18(12-10-17)29(32)33/h5-12,16,21H,4,13-15H2,1-3H3. The molecule has 4 rings (SSSR count). The zero-order chi connectivity index (χ0) is 23.7. The fourth-order valence-corrected chi connectivity index (χ4v) is 4.60. The van der Waals surface area contributed by atoms with Gasteiger partial charge in [-0.3, -0.25) is 29.2 Å². The van der Waals surface area contributed by atoms with Crippen LogP contribution in [-0.4, -0.2) is 55.9 Å². The van der Waals surface area contributed by atoms with Crippen molar-refractivity contribution in [1.82, 2.24) is 19.4 Å². The molecular weight excluding hydrogens is 422 g/mol. The van der Waals surface area contributed by atoms with Gasteiger partial charge in [0.1, 0.15) is 5.82 Å². The molecular formula is C24H27N5O4. The van der Waals surface area contributed by atoms with Crippen LogP contribution in [0.1, 0.15) is 42.5 Å². The van der Waals surface area contributed by atoms with Crippen molar-refractivity contribution in [2.45, 2.75) is 32.4 Å². The first kappa shape index (κ1) is 22.6. The SMILES string of the molecule is CCC(c1nc2ccccc2c(=O)n1C)N1CCN(C(=O)c2ccc([N+](=O)[O-])cc2)C(C)C1. The number of para-hydroxylation sites is 1. The number of aromatic nitrogens is 2. The summed E-state index contributed by atoms with van der Waals surface area (Å²) >= 11 is 0. The Balaban J connectivity index is 1.55. The predicted octanol–water partition coefficient (Wildman–Crippen LogP) is 3.14. The lowest BCUT2D eigenvalue weighted by Crippen LogP contribution is -2.55. The van der Waals surface area contributed by atoms with Crippen LogP contribution in [0.5, 0.6) is 0 Å². The van der Waals surface area contributed by atoms with E-state index in [0.717, 1.165) is 12.2 Å². The molecule has 0 spiro atoms. The van der Waals surface area contributed by atoms with Crippen LogP contribution in [0.25, 0.3) is 10.9 Å². The van der Waals surface area contributed by atoms with E-state index < -0.39 is 4.92 Å². The van der Waals surface area contributed by atoms with E-state index in [4.69, 9.17) is 4.98 Å². The zero-order valence-corrected chi connectivity index (χ0v) is 19.0. The monoisotopic (exact) mass is 449 g/mol. The number of non-ortho nitro benzene ring substituents is 1. The largest absolute Gasteiger partial charge is 0.333 e. The second-order valence-corrected chi connectivity index (χ2v) is 8.42. The Labute approximate surface area is 191 Å². The molecule has 1 fully saturated rings. The number of hydrogen-bond acceptors (Lipinski definition) is 6. The molecule has 9 heteroatoms. The van der Waals surface area contributed by atoms with Crippen LogP contribution in [0.4, 0.5) is 5.69 Å². The molecule has 3 aromatic rings. The van der Waals surface area contributed by atoms with Crippen molar-refractivity contribution in [2.75, 3.05) is 19.6 Å². The van der Waals surface area contributed by atoms with Crippen molar-refractivity contribution in [3.63, 3.8) is 0 Å². The van der Waals surface area contributed by atoms with E-state index in [0.29, 0.717) is 36.1 Å². The number of carbonyl (C=O) groups excluding carboxylic acids is 1. The number of rotatable bonds is 5. The van der Waals surface area contributed by atoms with Gasteiger partial charge in [0.25, 0.3) is 17.2 Å². The molecule has 0 bridgehead atoms. The first-order valence-electron chi connectivity index (χ1n) is 11.1. The normalized spacial score (nSPS) is 17.8. The molecule has 172 valence electrons. The van der Waals surface area contributed by atoms with Crippen molar-refractivity contribution < 1.29 is 9.72 Å². The Kier molecular flexibility index (Phi) is 6.24. The number of piperazine rings is 1. The fourth-order valence-electron chi connectivity index (χ4n) is 4.60. The van der Waals surface area contributed by atoms with Gasteiger partial charge in [-0.1, -0.05) is 19.1 Å². The van der Waals surface area contributed by atoms with Gasteiger partial charge >= 0.3 is 0 Å². The summed E-state index contributed by atoms with van der Waals surface area (Å²) in [7, 11) is 1.76. The summed E-state index contributed by atoms with van der Waals surface area (Å²) in [5.41, 5.74) is 1.03. The van der Waals surface area contributed by atoms with Crippen LogP contribution in [0, 0.1) is 10.1 Å². The Morgan fingerprint density at radius 2 is 1.88 bits per heavy atom. The summed E-state index contributed by atoms with van der Waals surface area (Å²) in [5.74, 6) is 0.588. The molecule has 0 saturated carbocycles. The van der Waals surface area contributed by atoms with Crippen molar-refractivity contribution >= 4 is 22.5 Å². The molecule has 2 atom stereocenters. The first-order chi connectivity index (χ1) is 15.8. The third-order valence-electron chi connectivity index (χ3n) is 6.39. The van der Waals surface area contributed by atoms with Gasteiger partial charge in [0.15, 0.2) is 0 Å². The number of nitro groups is 1. The van der Waals surface area contributed by atoms with Gasteiger partial charge in [0, 0.05) is 50.4 Å². The summed E-state index contributed by atoms with van der Waals surface area (Å²) in [6, 6.07) is 13.0. The molecule has 9 nitrogen and oxygen atoms in total. The molecule has 0 radical (unpaired) electrons. The summed E-state index contributed by atoms with van der Waals surface area (Å²) in [6.45, 7) is 5.87. The predicted molar refractivity (Wildman–Crippen MR) is 125 cm³/mol. The average Bonchev–Trinajstić information content (AvgIpc) is 2.82. The lowest BCUT2D eigenvalue weighted by molar-refractivity contribution is -0.384. The minimum atomic E-state index is -0.477. The van der Waals surface area contributed by atoms with Crippen LogP contribution in [0.3, 0.4) is 0 Å². The van der Waals surface area contributed by atoms with Crippen LogP contribution in [-0.2, 0) is 7.05 Å². The topological polar surface area (TPSA) is 102 Å². The third-order valence-corrected chi connectivity index (χ3v) is 6.39. The average molecular weight is 450 g/mol. The van der Waals surface area contributed by atoms with Gasteiger partial charge in [0.05, 0.1) is 21.9 Å². The number of hydrogen-bond donors (Lipinski definition) is 0. The Bertz CT molecular complexity index is 1250. The molecule has 0 N–H and O–H groups in total. The highest BCUT2D eigenvalue weighted by molar-refractivity contribution is 5.94. The maximum absolute atomic E-state index is 13.0. The zero-order valence-electron chi connectivity index (χ0n) is 19.0. The van der Waals surface area contributed by atoms with Crippen molar-refractivity contribution in [2.24, 2.45) is 7.05 Å². The molecule has 0 aliphatic carbocycles. The van der Waals surface area contributed by atoms with E-state index in [1.54, 1.807) is 22.6 Å². The van der Waals surface area contributed by atoms with E-state index in [2.05, 4.69) is 11.8 Å². The van der Waals surface area contributed by atoms with Crippen molar-refractivity contribution in [1.29, 1.82) is 0 Å². The molecule has 33 heavy (non-hydrogen) atoms. The third kappa shape index (κ3) is 4.23. The second-order valence-electron chi connectivity index (χ2n) is 8.42. The molecule has 1 aromatic heterocycles. The van der Waals surface area contributed by atoms with Crippen molar-refractivity contribution in [3.05, 3.63) is 80.4 Å². The van der Waals surface area contributed by atoms with E-state index in [1.165, 1.54) is 24.3 Å². The van der Waals surface area contributed by atoms with Gasteiger partial charge in [-0.2, -0.15) is 0 Å². The summed E-state index contributed by atoms with van der Waals surface area (Å²) in [6.07, 6.45) is 0.779. The fraction of sp³-hybridized carbons (Fsp3) is 0.375. The van der Waals surface area contributed by atoms with E-state index in [-0.39, 0.29) is 29.2 Å². The first-order valence-corrected chi connectivity index (χ1v) is 11.1. The van der Waals surface area contributed by atoms with Gasteiger partial charge in [-0.25, -0.2) is 4.98 Å². The Morgan fingerprint density at radius 3 is 2.52 bits per heavy atom. The number of nitro benzene ring substituents is 1. The van der Waals surface area contributed by atoms with Gasteiger partial charge in [0.2, 0.25) is 0 Å². The van der Waals surface area contributed by atoms with Gasteiger partial charge < -0.3 is 4.90 Å². The molecule has 1 aliphatic heterocycles. The maximum Gasteiger partial charge on any atom is 0.269 e. The van der Waals surface area contributed by atoms with Gasteiger partial charge in [-0.05, 0) is 37.6 Å². The lowest BCUT2D eigenvalue weighted by Gasteiger charge is -2.43. The van der Waals surface area contributed by atoms with Crippen LogP contribution < -0.4 is 5.56 Å². The maximum atomic E-state index is 13.0. The second kappa shape index (κ2) is 9.11. The molecule has 1 amide bonds.